The number of nitrogens with zero attached hydrogens (tertiary/aromatic N) is 2. The highest BCUT2D eigenvalue weighted by Crippen LogP contribution is 2.31. The summed E-state index contributed by atoms with van der Waals surface area (Å²) < 4.78 is 42.3. The van der Waals surface area contributed by atoms with Crippen LogP contribution in [0.4, 0.5) is 18.3 Å². The van der Waals surface area contributed by atoms with E-state index in [0.717, 1.165) is 30.0 Å². The fraction of sp³-hybridized carbons (Fsp3) is 0.263. The molecule has 0 saturated heterocycles. The van der Waals surface area contributed by atoms with Gasteiger partial charge in [-0.3, -0.25) is 9.69 Å². The highest BCUT2D eigenvalue weighted by molar-refractivity contribution is 7.22. The summed E-state index contributed by atoms with van der Waals surface area (Å²) in [6, 6.07) is 7.43. The van der Waals surface area contributed by atoms with Crippen LogP contribution in [-0.2, 0) is 0 Å². The average molecular weight is 394 g/mol. The van der Waals surface area contributed by atoms with E-state index in [9.17, 15) is 18.0 Å². The maximum atomic E-state index is 14.1. The van der Waals surface area contributed by atoms with Gasteiger partial charge in [-0.25, -0.2) is 18.2 Å². The molecular formula is C19H19F3N3OS+. The first-order chi connectivity index (χ1) is 12.9. The van der Waals surface area contributed by atoms with Crippen molar-refractivity contribution >= 4 is 32.6 Å². The Morgan fingerprint density at radius 2 is 1.85 bits per heavy atom. The van der Waals surface area contributed by atoms with Crippen LogP contribution >= 0.6 is 11.3 Å². The van der Waals surface area contributed by atoms with Gasteiger partial charge in [-0.05, 0) is 30.3 Å². The molecule has 0 aliphatic carbocycles. The first kappa shape index (κ1) is 19.3. The van der Waals surface area contributed by atoms with Gasteiger partial charge in [0.2, 0.25) is 0 Å². The van der Waals surface area contributed by atoms with Crippen LogP contribution in [0.2, 0.25) is 0 Å². The number of benzene rings is 2. The Morgan fingerprint density at radius 3 is 2.52 bits per heavy atom. The Labute approximate surface area is 158 Å². The summed E-state index contributed by atoms with van der Waals surface area (Å²) in [6.45, 7) is 1.02. The van der Waals surface area contributed by atoms with E-state index in [1.807, 2.05) is 14.1 Å². The molecule has 0 spiro atoms. The van der Waals surface area contributed by atoms with Gasteiger partial charge >= 0.3 is 0 Å². The van der Waals surface area contributed by atoms with Crippen molar-refractivity contribution in [1.29, 1.82) is 0 Å². The van der Waals surface area contributed by atoms with E-state index in [-0.39, 0.29) is 11.7 Å². The molecule has 1 heterocycles. The zero-order valence-corrected chi connectivity index (χ0v) is 15.7. The number of carbonyl (C=O) groups excluding carboxylic acids is 1. The summed E-state index contributed by atoms with van der Waals surface area (Å²) in [5, 5.41) is 0.289. The second-order valence-corrected chi connectivity index (χ2v) is 7.48. The van der Waals surface area contributed by atoms with Gasteiger partial charge in [0.15, 0.2) is 5.13 Å². The number of thiazole rings is 1. The van der Waals surface area contributed by atoms with Crippen LogP contribution in [0.15, 0.2) is 36.4 Å². The molecule has 1 N–H and O–H groups in total. The number of hydrogen-bond donors (Lipinski definition) is 1. The summed E-state index contributed by atoms with van der Waals surface area (Å²) in [6.07, 6.45) is 0.619. The van der Waals surface area contributed by atoms with Crippen molar-refractivity contribution in [3.63, 3.8) is 0 Å². The van der Waals surface area contributed by atoms with Crippen LogP contribution in [0.25, 0.3) is 10.2 Å². The Kier molecular flexibility index (Phi) is 5.76. The van der Waals surface area contributed by atoms with E-state index in [1.165, 1.54) is 34.1 Å². The molecule has 1 aromatic heterocycles. The molecule has 27 heavy (non-hydrogen) atoms. The molecule has 4 nitrogen and oxygen atoms in total. The molecule has 3 rings (SSSR count). The molecule has 0 aliphatic heterocycles. The van der Waals surface area contributed by atoms with Gasteiger partial charge < -0.3 is 4.90 Å². The summed E-state index contributed by atoms with van der Waals surface area (Å²) >= 11 is 1.12. The lowest BCUT2D eigenvalue weighted by atomic mass is 10.1. The molecule has 1 amide bonds. The fourth-order valence-electron chi connectivity index (χ4n) is 2.71. The van der Waals surface area contributed by atoms with Crippen molar-refractivity contribution in [3.05, 3.63) is 59.4 Å². The van der Waals surface area contributed by atoms with Crippen molar-refractivity contribution in [1.82, 2.24) is 4.98 Å². The average Bonchev–Trinajstić information content (AvgIpc) is 3.00. The van der Waals surface area contributed by atoms with E-state index in [4.69, 9.17) is 0 Å². The quantitative estimate of drug-likeness (QED) is 0.698. The molecule has 3 aromatic rings. The van der Waals surface area contributed by atoms with Crippen molar-refractivity contribution in [2.75, 3.05) is 32.1 Å². The lowest BCUT2D eigenvalue weighted by Crippen LogP contribution is -3.05. The normalized spacial score (nSPS) is 11.3. The van der Waals surface area contributed by atoms with Gasteiger partial charge in [-0.1, -0.05) is 17.4 Å². The highest BCUT2D eigenvalue weighted by Gasteiger charge is 2.26. The number of fused-ring (bicyclic) bond motifs is 1. The first-order valence-electron chi connectivity index (χ1n) is 8.48. The van der Waals surface area contributed by atoms with E-state index in [0.29, 0.717) is 16.6 Å². The number of halogens is 3. The smallest absolute Gasteiger partial charge is 0.266 e. The Balaban J connectivity index is 2.00. The molecule has 8 heteroatoms. The number of aromatic nitrogens is 1. The summed E-state index contributed by atoms with van der Waals surface area (Å²) in [5.74, 6) is -3.04. The molecule has 0 radical (unpaired) electrons. The topological polar surface area (TPSA) is 37.6 Å². The predicted octanol–water partition coefficient (Wildman–Crippen LogP) is 2.90. The molecule has 2 aromatic carbocycles. The van der Waals surface area contributed by atoms with Crippen LogP contribution < -0.4 is 9.80 Å². The second-order valence-electron chi connectivity index (χ2n) is 6.47. The molecule has 0 fully saturated rings. The van der Waals surface area contributed by atoms with Crippen molar-refractivity contribution in [3.8, 4) is 0 Å². The summed E-state index contributed by atoms with van der Waals surface area (Å²) in [7, 11) is 3.95. The van der Waals surface area contributed by atoms with Gasteiger partial charge in [0.1, 0.15) is 23.0 Å². The third-order valence-electron chi connectivity index (χ3n) is 4.05. The maximum Gasteiger partial charge on any atom is 0.266 e. The van der Waals surface area contributed by atoms with E-state index in [1.54, 1.807) is 0 Å². The minimum atomic E-state index is -0.921. The SMILES string of the molecule is C[NH+](C)CCCN(C(=O)c1c(F)cccc1F)c1nc2ccc(F)cc2s1. The second kappa shape index (κ2) is 8.06. The first-order valence-corrected chi connectivity index (χ1v) is 9.29. The van der Waals surface area contributed by atoms with Gasteiger partial charge in [0, 0.05) is 13.0 Å². The molecule has 0 aliphatic rings. The van der Waals surface area contributed by atoms with Gasteiger partial charge in [0.25, 0.3) is 5.91 Å². The Morgan fingerprint density at radius 1 is 1.15 bits per heavy atom. The number of amides is 1. The Hall–Kier alpha value is -2.45. The number of rotatable bonds is 6. The highest BCUT2D eigenvalue weighted by atomic mass is 32.1. The van der Waals surface area contributed by atoms with Crippen molar-refractivity contribution < 1.29 is 22.9 Å². The van der Waals surface area contributed by atoms with Crippen molar-refractivity contribution in [2.24, 2.45) is 0 Å². The molecule has 142 valence electrons. The lowest BCUT2D eigenvalue weighted by molar-refractivity contribution is -0.858. The third-order valence-corrected chi connectivity index (χ3v) is 5.09. The number of hydrogen-bond acceptors (Lipinski definition) is 3. The molecular weight excluding hydrogens is 375 g/mol. The maximum absolute atomic E-state index is 14.1. The molecule has 0 saturated carbocycles. The lowest BCUT2D eigenvalue weighted by Gasteiger charge is -2.20. The van der Waals surface area contributed by atoms with Crippen LogP contribution in [-0.4, -0.2) is 38.1 Å². The molecule has 0 unspecified atom stereocenters. The molecule has 0 bridgehead atoms. The minimum Gasteiger partial charge on any atom is -0.340 e. The van der Waals surface area contributed by atoms with Crippen LogP contribution in [0, 0.1) is 17.5 Å². The number of nitrogens with one attached hydrogen (secondary N) is 1. The summed E-state index contributed by atoms with van der Waals surface area (Å²) in [4.78, 5) is 19.8. The number of anilines is 1. The van der Waals surface area contributed by atoms with Gasteiger partial charge in [-0.15, -0.1) is 0 Å². The number of quaternary nitrogens is 1. The monoisotopic (exact) mass is 394 g/mol. The summed E-state index contributed by atoms with van der Waals surface area (Å²) in [5.41, 5.74) is -0.0819. The van der Waals surface area contributed by atoms with Crippen LogP contribution in [0.1, 0.15) is 16.8 Å². The zero-order chi connectivity index (χ0) is 19.6. The zero-order valence-electron chi connectivity index (χ0n) is 14.9. The fourth-order valence-corrected chi connectivity index (χ4v) is 3.73. The van der Waals surface area contributed by atoms with E-state index in [2.05, 4.69) is 4.98 Å². The molecule has 0 atom stereocenters. The van der Waals surface area contributed by atoms with Gasteiger partial charge in [0.05, 0.1) is 30.9 Å². The number of carbonyl (C=O) groups is 1. The van der Waals surface area contributed by atoms with Crippen LogP contribution in [0.3, 0.4) is 0 Å². The predicted molar refractivity (Wildman–Crippen MR) is 99.9 cm³/mol. The van der Waals surface area contributed by atoms with E-state index < -0.39 is 28.9 Å². The largest absolute Gasteiger partial charge is 0.340 e. The Bertz CT molecular complexity index is 954. The third kappa shape index (κ3) is 4.28. The van der Waals surface area contributed by atoms with Gasteiger partial charge in [-0.2, -0.15) is 0 Å². The van der Waals surface area contributed by atoms with Crippen molar-refractivity contribution in [2.45, 2.75) is 6.42 Å². The minimum absolute atomic E-state index is 0.250. The standard InChI is InChI=1S/C19H18F3N3OS/c1-24(2)9-4-10-25(18(26)17-13(21)5-3-6-14(17)22)19-23-15-8-7-12(20)11-16(15)27-19/h3,5-8,11H,4,9-10H2,1-2H3/p+1. The van der Waals surface area contributed by atoms with E-state index >= 15 is 0 Å². The van der Waals surface area contributed by atoms with Crippen LogP contribution in [0.5, 0.6) is 0 Å².